The second kappa shape index (κ2) is 7.28. The van der Waals surface area contributed by atoms with E-state index >= 15 is 0 Å². The van der Waals surface area contributed by atoms with E-state index in [1.807, 2.05) is 26.0 Å². The van der Waals surface area contributed by atoms with Crippen LogP contribution in [0.25, 0.3) is 0 Å². The molecule has 0 fully saturated rings. The number of hydrogen-bond acceptors (Lipinski definition) is 3. The van der Waals surface area contributed by atoms with E-state index in [-0.39, 0.29) is 18.6 Å². The molecule has 0 aromatic rings. The van der Waals surface area contributed by atoms with Crippen molar-refractivity contribution in [1.29, 1.82) is 0 Å². The fraction of sp³-hybridized carbons (Fsp3) is 0.714. The molecule has 1 rings (SSSR count). The third-order valence-electron chi connectivity index (χ3n) is 3.53. The number of carbonyl (C=O) groups is 2. The maximum Gasteiger partial charge on any atom is 0.307 e. The van der Waals surface area contributed by atoms with Crippen molar-refractivity contribution in [2.75, 3.05) is 13.2 Å². The molecule has 0 spiro atoms. The van der Waals surface area contributed by atoms with Crippen LogP contribution >= 0.6 is 0 Å². The lowest BCUT2D eigenvalue weighted by atomic mass is 9.82. The second-order valence-electron chi connectivity index (χ2n) is 5.20. The lowest BCUT2D eigenvalue weighted by Crippen LogP contribution is -2.45. The largest absolute Gasteiger partial charge is 0.481 e. The summed E-state index contributed by atoms with van der Waals surface area (Å²) in [7, 11) is 0. The minimum Gasteiger partial charge on any atom is -0.481 e. The topological polar surface area (TPSA) is 77.8 Å². The second-order valence-corrected chi connectivity index (χ2v) is 5.20. The van der Waals surface area contributed by atoms with Crippen molar-refractivity contribution in [1.82, 2.24) is 4.90 Å². The molecule has 5 nitrogen and oxygen atoms in total. The molecule has 0 saturated heterocycles. The number of rotatable bonds is 6. The summed E-state index contributed by atoms with van der Waals surface area (Å²) in [5.41, 5.74) is 0. The molecule has 0 aromatic heterocycles. The number of carbonyl (C=O) groups excluding carboxylic acids is 1. The minimum atomic E-state index is -0.909. The van der Waals surface area contributed by atoms with Gasteiger partial charge in [0.2, 0.25) is 5.91 Å². The Bertz CT molecular complexity index is 351. The van der Waals surface area contributed by atoms with Crippen molar-refractivity contribution < 1.29 is 19.8 Å². The van der Waals surface area contributed by atoms with E-state index in [4.69, 9.17) is 5.11 Å². The van der Waals surface area contributed by atoms with Crippen molar-refractivity contribution in [3.05, 3.63) is 12.2 Å². The predicted molar refractivity (Wildman–Crippen MR) is 71.5 cm³/mol. The molecule has 0 radical (unpaired) electrons. The Hall–Kier alpha value is -1.36. The van der Waals surface area contributed by atoms with Gasteiger partial charge in [0.05, 0.1) is 11.8 Å². The molecule has 2 N–H and O–H groups in total. The van der Waals surface area contributed by atoms with Crippen LogP contribution in [0, 0.1) is 11.8 Å². The third-order valence-corrected chi connectivity index (χ3v) is 3.53. The highest BCUT2D eigenvalue weighted by Gasteiger charge is 2.36. The Labute approximate surface area is 113 Å². The van der Waals surface area contributed by atoms with Crippen LogP contribution in [0.15, 0.2) is 12.2 Å². The summed E-state index contributed by atoms with van der Waals surface area (Å²) < 4.78 is 0. The molecular formula is C14H23NO4. The molecule has 1 aliphatic carbocycles. The lowest BCUT2D eigenvalue weighted by molar-refractivity contribution is -0.151. The van der Waals surface area contributed by atoms with Gasteiger partial charge < -0.3 is 15.1 Å². The Balaban J connectivity index is 2.81. The van der Waals surface area contributed by atoms with Crippen molar-refractivity contribution in [3.63, 3.8) is 0 Å². The highest BCUT2D eigenvalue weighted by molar-refractivity contribution is 5.85. The number of carboxylic acids is 1. The van der Waals surface area contributed by atoms with Crippen molar-refractivity contribution in [2.45, 2.75) is 39.2 Å². The van der Waals surface area contributed by atoms with E-state index < -0.39 is 17.8 Å². The number of aliphatic hydroxyl groups is 1. The van der Waals surface area contributed by atoms with Gasteiger partial charge in [0.25, 0.3) is 0 Å². The average molecular weight is 269 g/mol. The van der Waals surface area contributed by atoms with Gasteiger partial charge in [0, 0.05) is 19.2 Å². The molecule has 19 heavy (non-hydrogen) atoms. The standard InChI is InChI=1S/C14H23NO4/c1-10(2)15(8-5-9-16)13(17)11-6-3-4-7-12(11)14(18)19/h3-4,10-12,16H,5-9H2,1-2H3,(H,18,19)/t11-,12+/m1/s1. The van der Waals surface area contributed by atoms with Crippen LogP contribution in [-0.2, 0) is 9.59 Å². The number of carboxylic acid groups (broad SMARTS) is 1. The van der Waals surface area contributed by atoms with E-state index in [0.717, 1.165) is 0 Å². The van der Waals surface area contributed by atoms with Crippen molar-refractivity contribution >= 4 is 11.9 Å². The first-order valence-electron chi connectivity index (χ1n) is 6.78. The first kappa shape index (κ1) is 15.7. The lowest BCUT2D eigenvalue weighted by Gasteiger charge is -2.33. The van der Waals surface area contributed by atoms with E-state index in [0.29, 0.717) is 25.8 Å². The zero-order valence-corrected chi connectivity index (χ0v) is 11.6. The summed E-state index contributed by atoms with van der Waals surface area (Å²) in [4.78, 5) is 25.4. The number of allylic oxidation sites excluding steroid dienone is 2. The first-order valence-corrected chi connectivity index (χ1v) is 6.78. The third kappa shape index (κ3) is 4.06. The molecule has 5 heteroatoms. The first-order chi connectivity index (χ1) is 8.99. The van der Waals surface area contributed by atoms with Gasteiger partial charge in [-0.05, 0) is 33.1 Å². The summed E-state index contributed by atoms with van der Waals surface area (Å²) in [5, 5.41) is 18.1. The summed E-state index contributed by atoms with van der Waals surface area (Å²) >= 11 is 0. The molecule has 2 atom stereocenters. The van der Waals surface area contributed by atoms with Crippen LogP contribution in [0.1, 0.15) is 33.1 Å². The number of amides is 1. The molecular weight excluding hydrogens is 246 g/mol. The minimum absolute atomic E-state index is 0.0133. The zero-order chi connectivity index (χ0) is 14.4. The fourth-order valence-electron chi connectivity index (χ4n) is 2.44. The van der Waals surface area contributed by atoms with Gasteiger partial charge in [-0.15, -0.1) is 0 Å². The zero-order valence-electron chi connectivity index (χ0n) is 11.6. The molecule has 0 aliphatic heterocycles. The number of aliphatic carboxylic acids is 1. The highest BCUT2D eigenvalue weighted by atomic mass is 16.4. The molecule has 0 bridgehead atoms. The van der Waals surface area contributed by atoms with Gasteiger partial charge in [0.1, 0.15) is 0 Å². The van der Waals surface area contributed by atoms with Gasteiger partial charge in [-0.1, -0.05) is 12.2 Å². The van der Waals surface area contributed by atoms with E-state index in [1.54, 1.807) is 4.90 Å². The molecule has 1 aliphatic rings. The number of aliphatic hydroxyl groups excluding tert-OH is 1. The average Bonchev–Trinajstić information content (AvgIpc) is 2.38. The Morgan fingerprint density at radius 2 is 1.84 bits per heavy atom. The maximum atomic E-state index is 12.5. The summed E-state index contributed by atoms with van der Waals surface area (Å²) in [5.74, 6) is -2.13. The van der Waals surface area contributed by atoms with Crippen LogP contribution in [0.2, 0.25) is 0 Å². The van der Waals surface area contributed by atoms with Gasteiger partial charge in [0.15, 0.2) is 0 Å². The van der Waals surface area contributed by atoms with Gasteiger partial charge in [-0.25, -0.2) is 0 Å². The van der Waals surface area contributed by atoms with Crippen molar-refractivity contribution in [2.24, 2.45) is 11.8 Å². The normalized spacial score (nSPS) is 22.5. The molecule has 0 unspecified atom stereocenters. The molecule has 1 amide bonds. The summed E-state index contributed by atoms with van der Waals surface area (Å²) in [6.45, 7) is 4.32. The fourth-order valence-corrected chi connectivity index (χ4v) is 2.44. The van der Waals surface area contributed by atoms with E-state index in [9.17, 15) is 14.7 Å². The van der Waals surface area contributed by atoms with Crippen LogP contribution in [-0.4, -0.2) is 46.2 Å². The number of hydrogen-bond donors (Lipinski definition) is 2. The number of nitrogens with zero attached hydrogens (tertiary/aromatic N) is 1. The summed E-state index contributed by atoms with van der Waals surface area (Å²) in [6.07, 6.45) is 5.13. The Morgan fingerprint density at radius 3 is 2.32 bits per heavy atom. The SMILES string of the molecule is CC(C)N(CCCO)C(=O)[C@@H]1CC=CC[C@@H]1C(=O)O. The summed E-state index contributed by atoms with van der Waals surface area (Å²) in [6, 6.07) is 0.0133. The predicted octanol–water partition coefficient (Wildman–Crippen LogP) is 1.27. The highest BCUT2D eigenvalue weighted by Crippen LogP contribution is 2.28. The van der Waals surface area contributed by atoms with E-state index in [1.165, 1.54) is 0 Å². The van der Waals surface area contributed by atoms with Gasteiger partial charge >= 0.3 is 5.97 Å². The molecule has 0 heterocycles. The maximum absolute atomic E-state index is 12.5. The monoisotopic (exact) mass is 269 g/mol. The van der Waals surface area contributed by atoms with Gasteiger partial charge in [-0.3, -0.25) is 9.59 Å². The van der Waals surface area contributed by atoms with Crippen LogP contribution in [0.5, 0.6) is 0 Å². The Kier molecular flexibility index (Phi) is 6.02. The van der Waals surface area contributed by atoms with Crippen LogP contribution < -0.4 is 0 Å². The molecule has 108 valence electrons. The van der Waals surface area contributed by atoms with Crippen molar-refractivity contribution in [3.8, 4) is 0 Å². The Morgan fingerprint density at radius 1 is 1.26 bits per heavy atom. The quantitative estimate of drug-likeness (QED) is 0.712. The molecule has 0 aromatic carbocycles. The van der Waals surface area contributed by atoms with Gasteiger partial charge in [-0.2, -0.15) is 0 Å². The smallest absolute Gasteiger partial charge is 0.307 e. The van der Waals surface area contributed by atoms with Crippen LogP contribution in [0.3, 0.4) is 0 Å². The van der Waals surface area contributed by atoms with Crippen LogP contribution in [0.4, 0.5) is 0 Å². The molecule has 0 saturated carbocycles. The van der Waals surface area contributed by atoms with E-state index in [2.05, 4.69) is 0 Å².